The monoisotopic (exact) mass is 1070 g/mol. The number of unbranched alkanes of at least 4 members (excludes halogenated alkanes) is 46. The summed E-state index contributed by atoms with van der Waals surface area (Å²) >= 11 is 0. The lowest BCUT2D eigenvalue weighted by molar-refractivity contribution is -0.167. The maximum Gasteiger partial charge on any atom is 0.306 e. The summed E-state index contributed by atoms with van der Waals surface area (Å²) < 4.78 is 16.9. The van der Waals surface area contributed by atoms with E-state index in [2.05, 4.69) is 57.2 Å². The molecule has 1 unspecified atom stereocenters. The topological polar surface area (TPSA) is 78.9 Å². The summed E-state index contributed by atoms with van der Waals surface area (Å²) in [5.74, 6) is -0.847. The molecule has 0 rings (SSSR count). The second kappa shape index (κ2) is 65.2. The van der Waals surface area contributed by atoms with Crippen molar-refractivity contribution in [3.8, 4) is 0 Å². The van der Waals surface area contributed by atoms with Gasteiger partial charge in [-0.1, -0.05) is 333 Å². The smallest absolute Gasteiger partial charge is 0.306 e. The highest BCUT2D eigenvalue weighted by atomic mass is 16.6. The predicted octanol–water partition coefficient (Wildman–Crippen LogP) is 23.2. The zero-order valence-electron chi connectivity index (χ0n) is 51.3. The first-order valence-electron chi connectivity index (χ1n) is 34.0. The minimum absolute atomic E-state index is 0.0655. The van der Waals surface area contributed by atoms with E-state index in [0.717, 1.165) is 70.6 Å². The van der Waals surface area contributed by atoms with E-state index in [0.29, 0.717) is 19.3 Å². The summed E-state index contributed by atoms with van der Waals surface area (Å²) in [6.45, 7) is 6.65. The molecule has 0 aliphatic rings. The van der Waals surface area contributed by atoms with E-state index in [1.54, 1.807) is 0 Å². The average Bonchev–Trinajstić information content (AvgIpc) is 3.42. The zero-order chi connectivity index (χ0) is 55.0. The van der Waals surface area contributed by atoms with Crippen LogP contribution in [0.15, 0.2) is 36.5 Å². The first kappa shape index (κ1) is 73.6. The van der Waals surface area contributed by atoms with Crippen molar-refractivity contribution in [1.82, 2.24) is 0 Å². The molecule has 0 heterocycles. The summed E-state index contributed by atoms with van der Waals surface area (Å²) in [4.78, 5) is 38.1. The van der Waals surface area contributed by atoms with Crippen LogP contribution in [-0.4, -0.2) is 37.2 Å². The molecule has 0 saturated carbocycles. The molecule has 0 saturated heterocycles. The normalized spacial score (nSPS) is 12.2. The minimum atomic E-state index is -0.765. The van der Waals surface area contributed by atoms with Gasteiger partial charge in [0, 0.05) is 19.3 Å². The molecule has 446 valence electrons. The Morgan fingerprint density at radius 2 is 0.474 bits per heavy atom. The van der Waals surface area contributed by atoms with Gasteiger partial charge in [-0.25, -0.2) is 0 Å². The van der Waals surface area contributed by atoms with E-state index in [4.69, 9.17) is 14.2 Å². The molecule has 0 aromatic carbocycles. The van der Waals surface area contributed by atoms with Gasteiger partial charge in [-0.15, -0.1) is 0 Å². The Morgan fingerprint density at radius 1 is 0.263 bits per heavy atom. The van der Waals surface area contributed by atoms with Gasteiger partial charge in [-0.2, -0.15) is 0 Å². The molecular weight excluding hydrogens is 937 g/mol. The highest BCUT2D eigenvalue weighted by Gasteiger charge is 2.19. The Hall–Kier alpha value is -2.37. The third-order valence-electron chi connectivity index (χ3n) is 15.4. The van der Waals surface area contributed by atoms with Crippen LogP contribution in [0.25, 0.3) is 0 Å². The van der Waals surface area contributed by atoms with E-state index in [1.165, 1.54) is 263 Å². The number of allylic oxidation sites excluding steroid dienone is 6. The molecule has 6 nitrogen and oxygen atoms in total. The fourth-order valence-corrected chi connectivity index (χ4v) is 10.3. The van der Waals surface area contributed by atoms with Crippen molar-refractivity contribution >= 4 is 17.9 Å². The maximum absolute atomic E-state index is 12.9. The van der Waals surface area contributed by atoms with Crippen LogP contribution in [-0.2, 0) is 28.6 Å². The second-order valence-electron chi connectivity index (χ2n) is 23.1. The highest BCUT2D eigenvalue weighted by molar-refractivity contribution is 5.71. The van der Waals surface area contributed by atoms with Crippen LogP contribution in [0.2, 0.25) is 0 Å². The van der Waals surface area contributed by atoms with Crippen LogP contribution in [0, 0.1) is 0 Å². The van der Waals surface area contributed by atoms with Gasteiger partial charge in [-0.3, -0.25) is 14.4 Å². The molecule has 6 heteroatoms. The van der Waals surface area contributed by atoms with Gasteiger partial charge in [0.05, 0.1) is 0 Å². The molecule has 0 aromatic heterocycles. The first-order valence-corrected chi connectivity index (χ1v) is 34.0. The molecule has 0 fully saturated rings. The summed E-state index contributed by atoms with van der Waals surface area (Å²) in [5.41, 5.74) is 0. The largest absolute Gasteiger partial charge is 0.462 e. The number of esters is 3. The van der Waals surface area contributed by atoms with Crippen molar-refractivity contribution in [3.05, 3.63) is 36.5 Å². The lowest BCUT2D eigenvalue weighted by atomic mass is 10.0. The van der Waals surface area contributed by atoms with E-state index < -0.39 is 6.10 Å². The van der Waals surface area contributed by atoms with Gasteiger partial charge in [0.2, 0.25) is 0 Å². The van der Waals surface area contributed by atoms with Gasteiger partial charge in [0.15, 0.2) is 6.10 Å². The Morgan fingerprint density at radius 3 is 0.737 bits per heavy atom. The molecule has 0 aliphatic carbocycles. The Labute approximate surface area is 474 Å². The maximum atomic E-state index is 12.9. The fourth-order valence-electron chi connectivity index (χ4n) is 10.3. The van der Waals surface area contributed by atoms with Crippen molar-refractivity contribution in [1.29, 1.82) is 0 Å². The lowest BCUT2D eigenvalue weighted by Crippen LogP contribution is -2.30. The summed E-state index contributed by atoms with van der Waals surface area (Å²) in [6.07, 6.45) is 80.6. The quantitative estimate of drug-likeness (QED) is 0.0261. The fraction of sp³-hybridized carbons (Fsp3) is 0.871. The first-order chi connectivity index (χ1) is 37.5. The van der Waals surface area contributed by atoms with Crippen LogP contribution in [0.4, 0.5) is 0 Å². The van der Waals surface area contributed by atoms with Gasteiger partial charge in [0.1, 0.15) is 13.2 Å². The van der Waals surface area contributed by atoms with Crippen LogP contribution in [0.1, 0.15) is 374 Å². The molecule has 1 atom stereocenters. The Kier molecular flexibility index (Phi) is 63.1. The van der Waals surface area contributed by atoms with Gasteiger partial charge < -0.3 is 14.2 Å². The van der Waals surface area contributed by atoms with Gasteiger partial charge in [-0.05, 0) is 57.8 Å². The van der Waals surface area contributed by atoms with Crippen LogP contribution < -0.4 is 0 Å². The van der Waals surface area contributed by atoms with Crippen molar-refractivity contribution in [2.24, 2.45) is 0 Å². The molecule has 76 heavy (non-hydrogen) atoms. The van der Waals surface area contributed by atoms with Crippen LogP contribution in [0.3, 0.4) is 0 Å². The highest BCUT2D eigenvalue weighted by Crippen LogP contribution is 2.18. The summed E-state index contributed by atoms with van der Waals surface area (Å²) in [7, 11) is 0. The predicted molar refractivity (Wildman–Crippen MR) is 330 cm³/mol. The van der Waals surface area contributed by atoms with Crippen molar-refractivity contribution in [2.45, 2.75) is 380 Å². The molecule has 0 bridgehead atoms. The third-order valence-corrected chi connectivity index (χ3v) is 15.4. The molecule has 0 aromatic rings. The number of carbonyl (C=O) groups excluding carboxylic acids is 3. The Bertz CT molecular complexity index is 1270. The SMILES string of the molecule is CCCCCCC/C=C\C/C=C\C/C=C\CCCCCCCCCCCCCCCCCCCCC(=O)OCC(COC(=O)CCCCCCCCC)OC(=O)CCCCCCCCCCCCCCCCCCCC. The molecule has 0 radical (unpaired) electrons. The minimum Gasteiger partial charge on any atom is -0.462 e. The standard InChI is InChI=1S/C70H130O6/c1-4-7-10-13-16-18-20-22-24-26-28-29-30-31-32-33-34-35-36-37-38-39-40-41-42-44-45-47-49-51-54-57-60-63-69(72)75-66-67(65-74-68(71)62-59-56-53-15-12-9-6-3)76-70(73)64-61-58-55-52-50-48-46-43-27-25-23-21-19-17-14-11-8-5-2/h20,22,26,28,30-31,67H,4-19,21,23-25,27,29,32-66H2,1-3H3/b22-20-,28-26-,31-30-. The lowest BCUT2D eigenvalue weighted by Gasteiger charge is -2.18. The van der Waals surface area contributed by atoms with E-state index in [-0.39, 0.29) is 31.1 Å². The molecule has 0 amide bonds. The van der Waals surface area contributed by atoms with Crippen molar-refractivity contribution < 1.29 is 28.6 Å². The van der Waals surface area contributed by atoms with E-state index in [9.17, 15) is 14.4 Å². The third kappa shape index (κ3) is 62.5. The van der Waals surface area contributed by atoms with Gasteiger partial charge in [0.25, 0.3) is 0 Å². The van der Waals surface area contributed by atoms with Crippen molar-refractivity contribution in [2.75, 3.05) is 13.2 Å². The molecular formula is C70H130O6. The number of hydrogen-bond donors (Lipinski definition) is 0. The summed E-state index contributed by atoms with van der Waals surface area (Å²) in [5, 5.41) is 0. The van der Waals surface area contributed by atoms with Gasteiger partial charge >= 0.3 is 17.9 Å². The summed E-state index contributed by atoms with van der Waals surface area (Å²) in [6, 6.07) is 0. The number of rotatable bonds is 63. The Balaban J connectivity index is 3.98. The molecule has 0 N–H and O–H groups in total. The molecule has 0 spiro atoms. The average molecular weight is 1070 g/mol. The number of ether oxygens (including phenoxy) is 3. The molecule has 0 aliphatic heterocycles. The second-order valence-corrected chi connectivity index (χ2v) is 23.1. The van der Waals surface area contributed by atoms with Crippen LogP contribution >= 0.6 is 0 Å². The van der Waals surface area contributed by atoms with E-state index >= 15 is 0 Å². The number of carbonyl (C=O) groups is 3. The van der Waals surface area contributed by atoms with Crippen LogP contribution in [0.5, 0.6) is 0 Å². The van der Waals surface area contributed by atoms with E-state index in [1.807, 2.05) is 0 Å². The van der Waals surface area contributed by atoms with Crippen molar-refractivity contribution in [3.63, 3.8) is 0 Å². The zero-order valence-corrected chi connectivity index (χ0v) is 51.3. The number of hydrogen-bond acceptors (Lipinski definition) is 6.